The summed E-state index contributed by atoms with van der Waals surface area (Å²) in [4.78, 5) is 5.33. The summed E-state index contributed by atoms with van der Waals surface area (Å²) in [6.07, 6.45) is 0. The zero-order chi connectivity index (χ0) is 16.7. The maximum atomic E-state index is 6.00. The number of benzene rings is 2. The standard InChI is InChI=1S/C22H26N2O/c1-3-7-19(8-4-1)11-23-13-21-15-24(12-20-9-5-2-6-10-20)16-22(21,14-23)18-25-17-21/h1-10H,11-18H2. The average molecular weight is 334 g/mol. The molecular formula is C22H26N2O. The predicted octanol–water partition coefficient (Wildman–Crippen LogP) is 3.02. The molecular weight excluding hydrogens is 308 g/mol. The zero-order valence-corrected chi connectivity index (χ0v) is 14.7. The summed E-state index contributed by atoms with van der Waals surface area (Å²) in [6, 6.07) is 21.8. The van der Waals surface area contributed by atoms with Gasteiger partial charge in [0.1, 0.15) is 0 Å². The van der Waals surface area contributed by atoms with E-state index in [2.05, 4.69) is 70.5 Å². The Labute approximate surface area is 150 Å². The van der Waals surface area contributed by atoms with Crippen LogP contribution >= 0.6 is 0 Å². The molecule has 5 rings (SSSR count). The Morgan fingerprint density at radius 1 is 0.640 bits per heavy atom. The monoisotopic (exact) mass is 334 g/mol. The summed E-state index contributed by atoms with van der Waals surface area (Å²) in [5.41, 5.74) is 3.51. The highest BCUT2D eigenvalue weighted by Gasteiger charge is 2.65. The largest absolute Gasteiger partial charge is 0.380 e. The van der Waals surface area contributed by atoms with E-state index >= 15 is 0 Å². The summed E-state index contributed by atoms with van der Waals surface area (Å²) < 4.78 is 6.00. The topological polar surface area (TPSA) is 15.7 Å². The lowest BCUT2D eigenvalue weighted by Crippen LogP contribution is -2.38. The van der Waals surface area contributed by atoms with E-state index in [1.54, 1.807) is 0 Å². The second kappa shape index (κ2) is 5.94. The lowest BCUT2D eigenvalue weighted by Gasteiger charge is -2.27. The van der Waals surface area contributed by atoms with Gasteiger partial charge < -0.3 is 4.74 Å². The summed E-state index contributed by atoms with van der Waals surface area (Å²) in [6.45, 7) is 8.71. The van der Waals surface area contributed by atoms with Gasteiger partial charge in [-0.15, -0.1) is 0 Å². The summed E-state index contributed by atoms with van der Waals surface area (Å²) in [5.74, 6) is 0. The molecule has 3 aliphatic rings. The van der Waals surface area contributed by atoms with Gasteiger partial charge >= 0.3 is 0 Å². The molecule has 0 atom stereocenters. The fourth-order valence-corrected chi connectivity index (χ4v) is 5.43. The highest BCUT2D eigenvalue weighted by atomic mass is 16.5. The Balaban J connectivity index is 1.31. The maximum Gasteiger partial charge on any atom is 0.0554 e. The molecule has 3 aliphatic heterocycles. The molecule has 0 N–H and O–H groups in total. The van der Waals surface area contributed by atoms with Crippen molar-refractivity contribution in [1.82, 2.24) is 9.80 Å². The van der Waals surface area contributed by atoms with Crippen LogP contribution in [-0.2, 0) is 17.8 Å². The van der Waals surface area contributed by atoms with Crippen molar-refractivity contribution in [2.75, 3.05) is 39.4 Å². The molecule has 3 nitrogen and oxygen atoms in total. The van der Waals surface area contributed by atoms with Crippen LogP contribution in [0.2, 0.25) is 0 Å². The highest BCUT2D eigenvalue weighted by Crippen LogP contribution is 2.56. The molecule has 3 fully saturated rings. The van der Waals surface area contributed by atoms with Crippen LogP contribution in [0.25, 0.3) is 0 Å². The first-order chi connectivity index (χ1) is 12.3. The Morgan fingerprint density at radius 3 is 1.44 bits per heavy atom. The van der Waals surface area contributed by atoms with E-state index in [-0.39, 0.29) is 0 Å². The van der Waals surface area contributed by atoms with E-state index in [1.165, 1.54) is 37.3 Å². The van der Waals surface area contributed by atoms with Gasteiger partial charge in [0.25, 0.3) is 0 Å². The van der Waals surface area contributed by atoms with Gasteiger partial charge in [0.2, 0.25) is 0 Å². The van der Waals surface area contributed by atoms with Gasteiger partial charge in [-0.3, -0.25) is 9.80 Å². The summed E-state index contributed by atoms with van der Waals surface area (Å²) in [7, 11) is 0. The van der Waals surface area contributed by atoms with Crippen LogP contribution in [0.1, 0.15) is 11.1 Å². The van der Waals surface area contributed by atoms with Crippen molar-refractivity contribution in [2.45, 2.75) is 13.1 Å². The first-order valence-corrected chi connectivity index (χ1v) is 9.37. The highest BCUT2D eigenvalue weighted by molar-refractivity contribution is 5.21. The van der Waals surface area contributed by atoms with Gasteiger partial charge in [0.05, 0.1) is 13.2 Å². The van der Waals surface area contributed by atoms with Gasteiger partial charge in [0.15, 0.2) is 0 Å². The van der Waals surface area contributed by atoms with Crippen molar-refractivity contribution in [1.29, 1.82) is 0 Å². The van der Waals surface area contributed by atoms with Crippen molar-refractivity contribution in [3.05, 3.63) is 71.8 Å². The van der Waals surface area contributed by atoms with Gasteiger partial charge in [-0.2, -0.15) is 0 Å². The minimum absolute atomic E-state index is 0.330. The van der Waals surface area contributed by atoms with E-state index in [0.29, 0.717) is 10.8 Å². The van der Waals surface area contributed by atoms with E-state index in [4.69, 9.17) is 4.74 Å². The van der Waals surface area contributed by atoms with Gasteiger partial charge in [-0.05, 0) is 11.1 Å². The SMILES string of the molecule is c1ccc(CN2CC34COCC3(C2)CN(Cc2ccccc2)C4)cc1. The minimum atomic E-state index is 0.330. The number of rotatable bonds is 4. The van der Waals surface area contributed by atoms with Crippen molar-refractivity contribution in [3.63, 3.8) is 0 Å². The van der Waals surface area contributed by atoms with Crippen molar-refractivity contribution in [2.24, 2.45) is 10.8 Å². The number of ether oxygens (including phenoxy) is 1. The quantitative estimate of drug-likeness (QED) is 0.855. The normalized spacial score (nSPS) is 32.0. The van der Waals surface area contributed by atoms with Crippen molar-refractivity contribution < 1.29 is 4.74 Å². The summed E-state index contributed by atoms with van der Waals surface area (Å²) in [5, 5.41) is 0. The van der Waals surface area contributed by atoms with E-state index in [1.807, 2.05) is 0 Å². The lowest BCUT2D eigenvalue weighted by molar-refractivity contribution is 0.0877. The van der Waals surface area contributed by atoms with Crippen LogP contribution in [0.3, 0.4) is 0 Å². The van der Waals surface area contributed by atoms with Crippen LogP contribution in [0.5, 0.6) is 0 Å². The van der Waals surface area contributed by atoms with Gasteiger partial charge in [-0.1, -0.05) is 60.7 Å². The molecule has 2 aromatic carbocycles. The third kappa shape index (κ3) is 2.62. The zero-order valence-electron chi connectivity index (χ0n) is 14.7. The molecule has 0 bridgehead atoms. The summed E-state index contributed by atoms with van der Waals surface area (Å²) >= 11 is 0. The second-order valence-electron chi connectivity index (χ2n) is 8.31. The predicted molar refractivity (Wildman–Crippen MR) is 99.1 cm³/mol. The van der Waals surface area contributed by atoms with Crippen molar-refractivity contribution >= 4 is 0 Å². The molecule has 0 spiro atoms. The molecule has 0 aliphatic carbocycles. The third-order valence-electron chi connectivity index (χ3n) is 6.48. The lowest BCUT2D eigenvalue weighted by atomic mass is 9.71. The van der Waals surface area contributed by atoms with Crippen LogP contribution < -0.4 is 0 Å². The molecule has 2 aromatic rings. The number of nitrogens with zero attached hydrogens (tertiary/aromatic N) is 2. The number of likely N-dealkylation sites (tertiary alicyclic amines) is 2. The van der Waals surface area contributed by atoms with Crippen LogP contribution in [0.4, 0.5) is 0 Å². The van der Waals surface area contributed by atoms with Gasteiger partial charge in [-0.25, -0.2) is 0 Å². The molecule has 0 unspecified atom stereocenters. The first-order valence-electron chi connectivity index (χ1n) is 9.37. The maximum absolute atomic E-state index is 6.00. The number of hydrogen-bond acceptors (Lipinski definition) is 3. The smallest absolute Gasteiger partial charge is 0.0554 e. The van der Waals surface area contributed by atoms with Gasteiger partial charge in [0, 0.05) is 50.1 Å². The molecule has 0 radical (unpaired) electrons. The van der Waals surface area contributed by atoms with E-state index in [0.717, 1.165) is 26.3 Å². The average Bonchev–Trinajstić information content (AvgIpc) is 3.16. The molecule has 0 aromatic heterocycles. The fourth-order valence-electron chi connectivity index (χ4n) is 5.43. The first kappa shape index (κ1) is 15.6. The molecule has 3 heteroatoms. The Hall–Kier alpha value is -1.68. The Kier molecular flexibility index (Phi) is 3.70. The minimum Gasteiger partial charge on any atom is -0.380 e. The van der Waals surface area contributed by atoms with E-state index < -0.39 is 0 Å². The third-order valence-corrected chi connectivity index (χ3v) is 6.48. The van der Waals surface area contributed by atoms with Crippen LogP contribution in [-0.4, -0.2) is 49.2 Å². The molecule has 3 heterocycles. The molecule has 0 amide bonds. The molecule has 25 heavy (non-hydrogen) atoms. The van der Waals surface area contributed by atoms with Crippen LogP contribution in [0, 0.1) is 10.8 Å². The molecule has 130 valence electrons. The van der Waals surface area contributed by atoms with E-state index in [9.17, 15) is 0 Å². The fraction of sp³-hybridized carbons (Fsp3) is 0.455. The molecule has 0 saturated carbocycles. The number of hydrogen-bond donors (Lipinski definition) is 0. The second-order valence-corrected chi connectivity index (χ2v) is 8.31. The Bertz CT molecular complexity index is 655. The van der Waals surface area contributed by atoms with Crippen LogP contribution in [0.15, 0.2) is 60.7 Å². The van der Waals surface area contributed by atoms with Crippen molar-refractivity contribution in [3.8, 4) is 0 Å². The molecule has 3 saturated heterocycles. The Morgan fingerprint density at radius 2 is 1.04 bits per heavy atom.